The molecule has 4 aromatic rings. The molecule has 8 heteroatoms. The summed E-state index contributed by atoms with van der Waals surface area (Å²) in [6, 6.07) is 15.3. The summed E-state index contributed by atoms with van der Waals surface area (Å²) < 4.78 is 16.4. The van der Waals surface area contributed by atoms with Crippen molar-refractivity contribution in [1.29, 1.82) is 0 Å². The third-order valence-electron chi connectivity index (χ3n) is 4.80. The number of carboxylic acid groups (broad SMARTS) is 1. The lowest BCUT2D eigenvalue weighted by Crippen LogP contribution is -2.10. The average molecular weight is 433 g/mol. The van der Waals surface area contributed by atoms with Crippen molar-refractivity contribution in [2.24, 2.45) is 0 Å². The molecule has 0 unspecified atom stereocenters. The molecule has 164 valence electrons. The first-order valence-electron chi connectivity index (χ1n) is 10.3. The molecule has 0 aliphatic carbocycles. The number of carboxylic acids is 1. The van der Waals surface area contributed by atoms with Gasteiger partial charge in [0.15, 0.2) is 18.1 Å². The van der Waals surface area contributed by atoms with E-state index in [1.165, 1.54) is 11.9 Å². The Morgan fingerprint density at radius 1 is 1.06 bits per heavy atom. The Kier molecular flexibility index (Phi) is 6.50. The molecule has 0 radical (unpaired) electrons. The summed E-state index contributed by atoms with van der Waals surface area (Å²) in [6.07, 6.45) is 4.01. The summed E-state index contributed by atoms with van der Waals surface area (Å²) in [5, 5.41) is 13.3. The fraction of sp³-hybridized carbons (Fsp3) is 0.208. The second-order valence-electron chi connectivity index (χ2n) is 7.03. The van der Waals surface area contributed by atoms with Crippen LogP contribution in [0.5, 0.6) is 11.5 Å². The van der Waals surface area contributed by atoms with Gasteiger partial charge in [-0.15, -0.1) is 0 Å². The third kappa shape index (κ3) is 5.15. The number of anilines is 1. The van der Waals surface area contributed by atoms with Crippen molar-refractivity contribution in [3.05, 3.63) is 66.7 Å². The molecule has 0 saturated carbocycles. The van der Waals surface area contributed by atoms with Crippen molar-refractivity contribution in [2.75, 3.05) is 25.1 Å². The van der Waals surface area contributed by atoms with Crippen LogP contribution in [0.15, 0.2) is 65.5 Å². The van der Waals surface area contributed by atoms with Crippen LogP contribution in [0.4, 0.5) is 5.82 Å². The fourth-order valence-electron chi connectivity index (χ4n) is 3.30. The maximum atomic E-state index is 10.8. The van der Waals surface area contributed by atoms with Crippen molar-refractivity contribution < 1.29 is 23.8 Å². The van der Waals surface area contributed by atoms with Gasteiger partial charge in [-0.25, -0.2) is 14.8 Å². The van der Waals surface area contributed by atoms with E-state index >= 15 is 0 Å². The molecule has 2 aromatic heterocycles. The van der Waals surface area contributed by atoms with E-state index in [1.807, 2.05) is 31.2 Å². The zero-order valence-electron chi connectivity index (χ0n) is 17.6. The van der Waals surface area contributed by atoms with Crippen LogP contribution < -0.4 is 14.8 Å². The number of rotatable bonds is 10. The Bertz CT molecular complexity index is 1220. The van der Waals surface area contributed by atoms with E-state index in [0.29, 0.717) is 36.2 Å². The number of aromatic nitrogens is 2. The highest BCUT2D eigenvalue weighted by Gasteiger charge is 2.11. The highest BCUT2D eigenvalue weighted by molar-refractivity contribution is 5.77. The van der Waals surface area contributed by atoms with Gasteiger partial charge < -0.3 is 24.3 Å². The molecule has 0 aliphatic rings. The second-order valence-corrected chi connectivity index (χ2v) is 7.03. The molecule has 4 rings (SSSR count). The van der Waals surface area contributed by atoms with Gasteiger partial charge in [0.05, 0.1) is 18.6 Å². The van der Waals surface area contributed by atoms with Gasteiger partial charge in [0, 0.05) is 23.6 Å². The Balaban J connectivity index is 1.44. The summed E-state index contributed by atoms with van der Waals surface area (Å²) in [6.45, 7) is 2.54. The minimum atomic E-state index is -1.05. The lowest BCUT2D eigenvalue weighted by molar-refractivity contribution is -0.139. The highest BCUT2D eigenvalue weighted by Crippen LogP contribution is 2.32. The first-order valence-corrected chi connectivity index (χ1v) is 10.3. The van der Waals surface area contributed by atoms with Gasteiger partial charge in [-0.1, -0.05) is 12.1 Å². The highest BCUT2D eigenvalue weighted by atomic mass is 16.5. The molecule has 0 fully saturated rings. The van der Waals surface area contributed by atoms with Gasteiger partial charge in [-0.3, -0.25) is 0 Å². The first-order chi connectivity index (χ1) is 15.6. The molecule has 2 aromatic carbocycles. The smallest absolute Gasteiger partial charge is 0.341 e. The molecular formula is C24H23N3O5. The van der Waals surface area contributed by atoms with Gasteiger partial charge in [0.1, 0.15) is 17.7 Å². The number of carbonyl (C=O) groups is 1. The van der Waals surface area contributed by atoms with Crippen LogP contribution in [0.3, 0.4) is 0 Å². The zero-order chi connectivity index (χ0) is 22.3. The zero-order valence-corrected chi connectivity index (χ0v) is 17.6. The number of furan rings is 1. The lowest BCUT2D eigenvalue weighted by Gasteiger charge is -2.13. The standard InChI is InChI=1S/C24H23N3O5/c1-2-30-22-12-18(5-6-20(22)32-14-24(28)29)19-13-23(27-15-26-19)25-9-7-16-3-4-17-8-10-31-21(17)11-16/h3-6,8,10-13,15H,2,7,9,14H2,1H3,(H,28,29)(H,25,26,27). The van der Waals surface area contributed by atoms with Gasteiger partial charge >= 0.3 is 5.97 Å². The maximum Gasteiger partial charge on any atom is 0.341 e. The van der Waals surface area contributed by atoms with Crippen LogP contribution >= 0.6 is 0 Å². The minimum absolute atomic E-state index is 0.374. The predicted molar refractivity (Wildman–Crippen MR) is 120 cm³/mol. The maximum absolute atomic E-state index is 10.8. The minimum Gasteiger partial charge on any atom is -0.490 e. The number of benzene rings is 2. The summed E-state index contributed by atoms with van der Waals surface area (Å²) >= 11 is 0. The van der Waals surface area contributed by atoms with E-state index in [-0.39, 0.29) is 0 Å². The third-order valence-corrected chi connectivity index (χ3v) is 4.80. The number of hydrogen-bond acceptors (Lipinski definition) is 7. The van der Waals surface area contributed by atoms with Crippen LogP contribution in [0, 0.1) is 0 Å². The lowest BCUT2D eigenvalue weighted by atomic mass is 10.1. The Labute approximate surface area is 184 Å². The average Bonchev–Trinajstić information content (AvgIpc) is 3.26. The second kappa shape index (κ2) is 9.82. The van der Waals surface area contributed by atoms with Gasteiger partial charge in [0.2, 0.25) is 0 Å². The summed E-state index contributed by atoms with van der Waals surface area (Å²) in [7, 11) is 0. The number of hydrogen-bond donors (Lipinski definition) is 2. The SMILES string of the molecule is CCOc1cc(-c2cc(NCCc3ccc4ccoc4c3)ncn2)ccc1OCC(=O)O. The number of ether oxygens (including phenoxy) is 2. The molecule has 0 bridgehead atoms. The molecule has 0 aliphatic heterocycles. The Morgan fingerprint density at radius 3 is 2.81 bits per heavy atom. The quantitative estimate of drug-likeness (QED) is 0.379. The summed E-state index contributed by atoms with van der Waals surface area (Å²) in [5.41, 5.74) is 3.58. The molecular weight excluding hydrogens is 410 g/mol. The molecule has 32 heavy (non-hydrogen) atoms. The number of aliphatic carboxylic acids is 1. The predicted octanol–water partition coefficient (Wildman–Crippen LogP) is 4.41. The normalized spacial score (nSPS) is 10.8. The number of fused-ring (bicyclic) bond motifs is 1. The van der Waals surface area contributed by atoms with Gasteiger partial charge in [0.25, 0.3) is 0 Å². The van der Waals surface area contributed by atoms with Crippen LogP contribution in [0.2, 0.25) is 0 Å². The molecule has 2 heterocycles. The molecule has 0 spiro atoms. The van der Waals surface area contributed by atoms with Gasteiger partial charge in [-0.2, -0.15) is 0 Å². The summed E-state index contributed by atoms with van der Waals surface area (Å²) in [4.78, 5) is 19.5. The van der Waals surface area contributed by atoms with Crippen LogP contribution in [-0.4, -0.2) is 40.8 Å². The monoisotopic (exact) mass is 433 g/mol. The van der Waals surface area contributed by atoms with Gasteiger partial charge in [-0.05, 0) is 49.2 Å². The van der Waals surface area contributed by atoms with Crippen molar-refractivity contribution >= 4 is 22.8 Å². The summed E-state index contributed by atoms with van der Waals surface area (Å²) in [5.74, 6) is 0.497. The van der Waals surface area contributed by atoms with E-state index in [4.69, 9.17) is 19.0 Å². The van der Waals surface area contributed by atoms with E-state index in [1.54, 1.807) is 18.4 Å². The van der Waals surface area contributed by atoms with Crippen LogP contribution in [0.25, 0.3) is 22.2 Å². The van der Waals surface area contributed by atoms with Crippen LogP contribution in [-0.2, 0) is 11.2 Å². The Morgan fingerprint density at radius 2 is 1.97 bits per heavy atom. The molecule has 0 amide bonds. The molecule has 0 atom stereocenters. The Hall–Kier alpha value is -4.07. The van der Waals surface area contributed by atoms with E-state index in [2.05, 4.69) is 27.4 Å². The van der Waals surface area contributed by atoms with E-state index in [0.717, 1.165) is 23.0 Å². The van der Waals surface area contributed by atoms with Crippen molar-refractivity contribution in [3.63, 3.8) is 0 Å². The molecule has 2 N–H and O–H groups in total. The molecule has 8 nitrogen and oxygen atoms in total. The van der Waals surface area contributed by atoms with Crippen molar-refractivity contribution in [2.45, 2.75) is 13.3 Å². The topological polar surface area (TPSA) is 107 Å². The van der Waals surface area contributed by atoms with Crippen molar-refractivity contribution in [3.8, 4) is 22.8 Å². The van der Waals surface area contributed by atoms with E-state index in [9.17, 15) is 4.79 Å². The van der Waals surface area contributed by atoms with Crippen molar-refractivity contribution in [1.82, 2.24) is 9.97 Å². The first kappa shape index (κ1) is 21.2. The molecule has 0 saturated heterocycles. The number of nitrogens with zero attached hydrogens (tertiary/aromatic N) is 2. The number of nitrogens with one attached hydrogen (secondary N) is 1. The fourth-order valence-corrected chi connectivity index (χ4v) is 3.30. The van der Waals surface area contributed by atoms with E-state index < -0.39 is 12.6 Å². The largest absolute Gasteiger partial charge is 0.490 e. The van der Waals surface area contributed by atoms with Crippen LogP contribution in [0.1, 0.15) is 12.5 Å².